The fourth-order valence-corrected chi connectivity index (χ4v) is 1.77. The highest BCUT2D eigenvalue weighted by Crippen LogP contribution is 2.14. The van der Waals surface area contributed by atoms with Crippen LogP contribution in [0.4, 0.5) is 0 Å². The van der Waals surface area contributed by atoms with Crippen molar-refractivity contribution in [1.29, 1.82) is 0 Å². The number of hydrogen-bond donors (Lipinski definition) is 1. The largest absolute Gasteiger partial charge is 0.377 e. The van der Waals surface area contributed by atoms with Crippen LogP contribution in [0.1, 0.15) is 34.1 Å². The topological polar surface area (TPSA) is 21.3 Å². The van der Waals surface area contributed by atoms with Gasteiger partial charge in [-0.15, -0.1) is 0 Å². The SMILES string of the molecule is CC(C)C1CCOC(C(C)C)CN1. The third kappa shape index (κ3) is 3.28. The first kappa shape index (κ1) is 11.0. The molecule has 0 amide bonds. The van der Waals surface area contributed by atoms with E-state index in [9.17, 15) is 0 Å². The third-order valence-electron chi connectivity index (χ3n) is 2.89. The van der Waals surface area contributed by atoms with Crippen molar-refractivity contribution in [2.24, 2.45) is 11.8 Å². The predicted octanol–water partition coefficient (Wildman–Crippen LogP) is 2.05. The zero-order chi connectivity index (χ0) is 9.84. The van der Waals surface area contributed by atoms with E-state index in [1.807, 2.05) is 0 Å². The number of nitrogens with one attached hydrogen (secondary N) is 1. The number of hydrogen-bond acceptors (Lipinski definition) is 2. The Bertz CT molecular complexity index is 129. The van der Waals surface area contributed by atoms with Crippen molar-refractivity contribution in [2.45, 2.75) is 46.3 Å². The van der Waals surface area contributed by atoms with Crippen LogP contribution in [0.5, 0.6) is 0 Å². The molecule has 2 unspecified atom stereocenters. The van der Waals surface area contributed by atoms with Crippen LogP contribution in [0.15, 0.2) is 0 Å². The molecule has 1 N–H and O–H groups in total. The van der Waals surface area contributed by atoms with Gasteiger partial charge >= 0.3 is 0 Å². The van der Waals surface area contributed by atoms with Gasteiger partial charge in [-0.05, 0) is 18.3 Å². The van der Waals surface area contributed by atoms with E-state index < -0.39 is 0 Å². The summed E-state index contributed by atoms with van der Waals surface area (Å²) >= 11 is 0. The highest BCUT2D eigenvalue weighted by molar-refractivity contribution is 4.77. The molecule has 0 aromatic rings. The first-order chi connectivity index (χ1) is 6.11. The Labute approximate surface area is 82.0 Å². The Hall–Kier alpha value is -0.0800. The van der Waals surface area contributed by atoms with Crippen LogP contribution in [0.25, 0.3) is 0 Å². The second-order valence-electron chi connectivity index (χ2n) is 4.70. The molecular weight excluding hydrogens is 162 g/mol. The summed E-state index contributed by atoms with van der Waals surface area (Å²) in [5.41, 5.74) is 0. The van der Waals surface area contributed by atoms with Gasteiger partial charge in [0, 0.05) is 19.2 Å². The average molecular weight is 185 g/mol. The Morgan fingerprint density at radius 1 is 1.15 bits per heavy atom. The monoisotopic (exact) mass is 185 g/mol. The van der Waals surface area contributed by atoms with Crippen molar-refractivity contribution in [3.05, 3.63) is 0 Å². The van der Waals surface area contributed by atoms with Gasteiger partial charge in [-0.1, -0.05) is 27.7 Å². The summed E-state index contributed by atoms with van der Waals surface area (Å²) < 4.78 is 5.78. The highest BCUT2D eigenvalue weighted by atomic mass is 16.5. The number of rotatable bonds is 2. The summed E-state index contributed by atoms with van der Waals surface area (Å²) in [6.45, 7) is 10.9. The molecule has 2 nitrogen and oxygen atoms in total. The zero-order valence-corrected chi connectivity index (χ0v) is 9.34. The van der Waals surface area contributed by atoms with E-state index in [0.29, 0.717) is 18.1 Å². The minimum absolute atomic E-state index is 0.406. The molecule has 2 heteroatoms. The first-order valence-electron chi connectivity index (χ1n) is 5.46. The Balaban J connectivity index is 2.39. The van der Waals surface area contributed by atoms with Crippen molar-refractivity contribution in [3.8, 4) is 0 Å². The molecule has 0 saturated carbocycles. The van der Waals surface area contributed by atoms with Gasteiger partial charge in [0.05, 0.1) is 6.10 Å². The molecule has 0 radical (unpaired) electrons. The molecule has 0 spiro atoms. The van der Waals surface area contributed by atoms with Gasteiger partial charge in [-0.2, -0.15) is 0 Å². The molecule has 1 saturated heterocycles. The van der Waals surface area contributed by atoms with E-state index in [0.717, 1.165) is 25.5 Å². The summed E-state index contributed by atoms with van der Waals surface area (Å²) in [4.78, 5) is 0. The molecule has 78 valence electrons. The van der Waals surface area contributed by atoms with Crippen LogP contribution in [-0.4, -0.2) is 25.3 Å². The second kappa shape index (κ2) is 4.97. The van der Waals surface area contributed by atoms with Gasteiger partial charge < -0.3 is 10.1 Å². The number of ether oxygens (including phenoxy) is 1. The molecule has 2 atom stereocenters. The van der Waals surface area contributed by atoms with E-state index >= 15 is 0 Å². The molecule has 1 aliphatic heterocycles. The van der Waals surface area contributed by atoms with E-state index in [1.165, 1.54) is 0 Å². The lowest BCUT2D eigenvalue weighted by atomic mass is 10.0. The van der Waals surface area contributed by atoms with Crippen LogP contribution in [0, 0.1) is 11.8 Å². The standard InChI is InChI=1S/C11H23NO/c1-8(2)10-5-6-13-11(7-12-10)9(3)4/h8-12H,5-7H2,1-4H3. The summed E-state index contributed by atoms with van der Waals surface area (Å²) in [5.74, 6) is 1.34. The molecule has 0 aromatic heterocycles. The Morgan fingerprint density at radius 3 is 2.38 bits per heavy atom. The zero-order valence-electron chi connectivity index (χ0n) is 9.34. The highest BCUT2D eigenvalue weighted by Gasteiger charge is 2.22. The molecule has 1 fully saturated rings. The van der Waals surface area contributed by atoms with Crippen molar-refractivity contribution < 1.29 is 4.74 Å². The smallest absolute Gasteiger partial charge is 0.0722 e. The fraction of sp³-hybridized carbons (Fsp3) is 1.00. The molecule has 1 rings (SSSR count). The molecule has 0 bridgehead atoms. The maximum absolute atomic E-state index is 5.78. The minimum Gasteiger partial charge on any atom is -0.377 e. The Morgan fingerprint density at radius 2 is 1.85 bits per heavy atom. The van der Waals surface area contributed by atoms with E-state index in [2.05, 4.69) is 33.0 Å². The summed E-state index contributed by atoms with van der Waals surface area (Å²) in [5, 5.41) is 3.59. The van der Waals surface area contributed by atoms with Crippen LogP contribution < -0.4 is 5.32 Å². The molecule has 1 aliphatic rings. The fourth-order valence-electron chi connectivity index (χ4n) is 1.77. The summed E-state index contributed by atoms with van der Waals surface area (Å²) in [7, 11) is 0. The lowest BCUT2D eigenvalue weighted by Gasteiger charge is -2.21. The Kier molecular flexibility index (Phi) is 4.20. The molecule has 0 aliphatic carbocycles. The van der Waals surface area contributed by atoms with Crippen molar-refractivity contribution in [1.82, 2.24) is 5.32 Å². The average Bonchev–Trinajstić information content (AvgIpc) is 2.27. The molecule has 0 aromatic carbocycles. The van der Waals surface area contributed by atoms with Crippen LogP contribution >= 0.6 is 0 Å². The van der Waals surface area contributed by atoms with Gasteiger partial charge in [0.15, 0.2) is 0 Å². The second-order valence-corrected chi connectivity index (χ2v) is 4.70. The first-order valence-corrected chi connectivity index (χ1v) is 5.46. The predicted molar refractivity (Wildman–Crippen MR) is 55.8 cm³/mol. The lowest BCUT2D eigenvalue weighted by molar-refractivity contribution is 0.0352. The van der Waals surface area contributed by atoms with Gasteiger partial charge in [-0.25, -0.2) is 0 Å². The molecular formula is C11H23NO. The van der Waals surface area contributed by atoms with Crippen molar-refractivity contribution in [2.75, 3.05) is 13.2 Å². The van der Waals surface area contributed by atoms with Gasteiger partial charge in [0.2, 0.25) is 0 Å². The minimum atomic E-state index is 0.406. The third-order valence-corrected chi connectivity index (χ3v) is 2.89. The van der Waals surface area contributed by atoms with Crippen molar-refractivity contribution >= 4 is 0 Å². The van der Waals surface area contributed by atoms with Gasteiger partial charge in [0.1, 0.15) is 0 Å². The van der Waals surface area contributed by atoms with E-state index in [1.54, 1.807) is 0 Å². The summed E-state index contributed by atoms with van der Waals surface area (Å²) in [6, 6.07) is 0.642. The maximum atomic E-state index is 5.78. The van der Waals surface area contributed by atoms with Crippen LogP contribution in [-0.2, 0) is 4.74 Å². The summed E-state index contributed by atoms with van der Waals surface area (Å²) in [6.07, 6.45) is 1.56. The van der Waals surface area contributed by atoms with E-state index in [4.69, 9.17) is 4.74 Å². The quantitative estimate of drug-likeness (QED) is 0.711. The van der Waals surface area contributed by atoms with Crippen molar-refractivity contribution in [3.63, 3.8) is 0 Å². The maximum Gasteiger partial charge on any atom is 0.0722 e. The van der Waals surface area contributed by atoms with Crippen LogP contribution in [0.3, 0.4) is 0 Å². The van der Waals surface area contributed by atoms with Gasteiger partial charge in [0.25, 0.3) is 0 Å². The van der Waals surface area contributed by atoms with Gasteiger partial charge in [-0.3, -0.25) is 0 Å². The lowest BCUT2D eigenvalue weighted by Crippen LogP contribution is -2.37. The molecule has 1 heterocycles. The normalized spacial score (nSPS) is 30.9. The van der Waals surface area contributed by atoms with E-state index in [-0.39, 0.29) is 0 Å². The molecule has 13 heavy (non-hydrogen) atoms. The van der Waals surface area contributed by atoms with Crippen LogP contribution in [0.2, 0.25) is 0 Å².